The van der Waals surface area contributed by atoms with E-state index in [9.17, 15) is 0 Å². The van der Waals surface area contributed by atoms with Gasteiger partial charge in [0.05, 0.1) is 0 Å². The first-order chi connectivity index (χ1) is 14.8. The van der Waals surface area contributed by atoms with E-state index in [0.29, 0.717) is 23.4 Å². The lowest BCUT2D eigenvalue weighted by Crippen LogP contribution is -2.40. The SMILES string of the molecule is Nc1cc(C(CCN[C@H]2C[C@@H](c3ccccc3)C2)c2ccccc2)c2nn[nH]c2n1. The fourth-order valence-corrected chi connectivity index (χ4v) is 4.55. The minimum Gasteiger partial charge on any atom is -0.384 e. The number of benzene rings is 2. The van der Waals surface area contributed by atoms with Crippen molar-refractivity contribution < 1.29 is 0 Å². The number of pyridine rings is 1. The molecule has 1 fully saturated rings. The quantitative estimate of drug-likeness (QED) is 0.438. The van der Waals surface area contributed by atoms with Gasteiger partial charge in [0, 0.05) is 12.0 Å². The first kappa shape index (κ1) is 18.8. The summed E-state index contributed by atoms with van der Waals surface area (Å²) in [6.45, 7) is 0.938. The Morgan fingerprint density at radius 1 is 1.03 bits per heavy atom. The summed E-state index contributed by atoms with van der Waals surface area (Å²) in [6, 6.07) is 23.9. The number of anilines is 1. The predicted molar refractivity (Wildman–Crippen MR) is 119 cm³/mol. The summed E-state index contributed by atoms with van der Waals surface area (Å²) in [6.07, 6.45) is 3.37. The van der Waals surface area contributed by atoms with E-state index in [1.54, 1.807) is 0 Å². The van der Waals surface area contributed by atoms with Crippen LogP contribution in [0.2, 0.25) is 0 Å². The molecular weight excluding hydrogens is 372 g/mol. The number of nitrogens with two attached hydrogens (primary N) is 1. The zero-order valence-corrected chi connectivity index (χ0v) is 16.8. The largest absolute Gasteiger partial charge is 0.384 e. The van der Waals surface area contributed by atoms with Gasteiger partial charge >= 0.3 is 0 Å². The molecule has 4 N–H and O–H groups in total. The standard InChI is InChI=1S/C24H26N6/c25-22-15-21(23-24(27-22)29-30-28-23)20(17-9-5-2-6-10-17)11-12-26-19-13-18(14-19)16-7-3-1-4-8-16/h1-10,15,18-20,26H,11-14H2,(H3,25,27,28,29,30)/t18-,19+,20?. The topological polar surface area (TPSA) is 92.5 Å². The minimum atomic E-state index is 0.182. The summed E-state index contributed by atoms with van der Waals surface area (Å²) in [5.41, 5.74) is 11.3. The molecule has 1 unspecified atom stereocenters. The van der Waals surface area contributed by atoms with Gasteiger partial charge in [-0.15, -0.1) is 5.10 Å². The molecule has 1 aliphatic rings. The van der Waals surface area contributed by atoms with Gasteiger partial charge in [0.25, 0.3) is 0 Å². The van der Waals surface area contributed by atoms with Crippen LogP contribution < -0.4 is 11.1 Å². The number of hydrogen-bond donors (Lipinski definition) is 3. The van der Waals surface area contributed by atoms with Gasteiger partial charge in [-0.3, -0.25) is 0 Å². The highest BCUT2D eigenvalue weighted by Crippen LogP contribution is 2.37. The number of nitrogens with one attached hydrogen (secondary N) is 2. The lowest BCUT2D eigenvalue weighted by Gasteiger charge is -2.36. The average Bonchev–Trinajstić information content (AvgIpc) is 3.22. The number of fused-ring (bicyclic) bond motifs is 1. The third kappa shape index (κ3) is 3.78. The number of rotatable bonds is 7. The van der Waals surface area contributed by atoms with Crippen molar-refractivity contribution >= 4 is 17.0 Å². The predicted octanol–water partition coefficient (Wildman–Crippen LogP) is 3.99. The van der Waals surface area contributed by atoms with Crippen molar-refractivity contribution in [3.8, 4) is 0 Å². The van der Waals surface area contributed by atoms with Crippen molar-refractivity contribution in [3.05, 3.63) is 83.4 Å². The maximum absolute atomic E-state index is 6.08. The van der Waals surface area contributed by atoms with E-state index in [1.807, 2.05) is 12.1 Å². The molecule has 2 aromatic carbocycles. The molecule has 1 atom stereocenters. The smallest absolute Gasteiger partial charge is 0.178 e. The van der Waals surface area contributed by atoms with Crippen molar-refractivity contribution in [1.29, 1.82) is 0 Å². The number of nitrogen functional groups attached to an aromatic ring is 1. The molecule has 30 heavy (non-hydrogen) atoms. The number of hydrogen-bond acceptors (Lipinski definition) is 5. The van der Waals surface area contributed by atoms with Crippen LogP contribution in [0.25, 0.3) is 11.2 Å². The van der Waals surface area contributed by atoms with Crippen LogP contribution in [0.1, 0.15) is 47.8 Å². The highest BCUT2D eigenvalue weighted by molar-refractivity contribution is 5.77. The molecule has 0 radical (unpaired) electrons. The summed E-state index contributed by atoms with van der Waals surface area (Å²) >= 11 is 0. The Kier molecular flexibility index (Phi) is 5.15. The average molecular weight is 399 g/mol. The molecule has 0 aliphatic heterocycles. The monoisotopic (exact) mass is 398 g/mol. The molecule has 0 bridgehead atoms. The van der Waals surface area contributed by atoms with Crippen molar-refractivity contribution in [2.24, 2.45) is 0 Å². The lowest BCUT2D eigenvalue weighted by molar-refractivity contribution is 0.289. The van der Waals surface area contributed by atoms with Crippen LogP contribution in [0.4, 0.5) is 5.82 Å². The summed E-state index contributed by atoms with van der Waals surface area (Å²) in [7, 11) is 0. The third-order valence-corrected chi connectivity index (χ3v) is 6.20. The molecule has 0 amide bonds. The first-order valence-corrected chi connectivity index (χ1v) is 10.6. The number of nitrogens with zero attached hydrogens (tertiary/aromatic N) is 3. The highest BCUT2D eigenvalue weighted by Gasteiger charge is 2.30. The maximum Gasteiger partial charge on any atom is 0.178 e. The number of aromatic nitrogens is 4. The first-order valence-electron chi connectivity index (χ1n) is 10.6. The maximum atomic E-state index is 6.08. The van der Waals surface area contributed by atoms with Gasteiger partial charge in [-0.05, 0) is 54.5 Å². The van der Waals surface area contributed by atoms with Crippen LogP contribution in [-0.2, 0) is 0 Å². The van der Waals surface area contributed by atoms with Crippen LogP contribution in [0.15, 0.2) is 66.7 Å². The Labute approximate surface area is 175 Å². The van der Waals surface area contributed by atoms with Crippen LogP contribution in [0, 0.1) is 0 Å². The highest BCUT2D eigenvalue weighted by atomic mass is 15.3. The fraction of sp³-hybridized carbons (Fsp3) is 0.292. The van der Waals surface area contributed by atoms with Crippen LogP contribution in [-0.4, -0.2) is 33.0 Å². The van der Waals surface area contributed by atoms with E-state index in [0.717, 1.165) is 24.0 Å². The van der Waals surface area contributed by atoms with Gasteiger partial charge in [0.1, 0.15) is 11.3 Å². The van der Waals surface area contributed by atoms with Crippen LogP contribution >= 0.6 is 0 Å². The molecule has 5 rings (SSSR count). The van der Waals surface area contributed by atoms with Crippen molar-refractivity contribution in [3.63, 3.8) is 0 Å². The van der Waals surface area contributed by atoms with Gasteiger partial charge in [0.15, 0.2) is 5.65 Å². The normalized spacial score (nSPS) is 19.5. The summed E-state index contributed by atoms with van der Waals surface area (Å²) in [5.74, 6) is 1.35. The molecule has 6 nitrogen and oxygen atoms in total. The Bertz CT molecular complexity index is 1100. The summed E-state index contributed by atoms with van der Waals surface area (Å²) < 4.78 is 0. The van der Waals surface area contributed by atoms with Crippen molar-refractivity contribution in [2.45, 2.75) is 37.1 Å². The van der Waals surface area contributed by atoms with Gasteiger partial charge in [0.2, 0.25) is 0 Å². The van der Waals surface area contributed by atoms with E-state index in [-0.39, 0.29) is 5.92 Å². The van der Waals surface area contributed by atoms with Gasteiger partial charge in [-0.2, -0.15) is 0 Å². The van der Waals surface area contributed by atoms with E-state index in [1.165, 1.54) is 24.0 Å². The minimum absolute atomic E-state index is 0.182. The Hall–Kier alpha value is -3.25. The molecule has 2 aromatic heterocycles. The number of H-pyrrole nitrogens is 1. The second kappa shape index (κ2) is 8.24. The second-order valence-electron chi connectivity index (χ2n) is 8.13. The Balaban J connectivity index is 1.29. The van der Waals surface area contributed by atoms with E-state index >= 15 is 0 Å². The molecule has 6 heteroatoms. The van der Waals surface area contributed by atoms with E-state index in [2.05, 4.69) is 80.3 Å². The van der Waals surface area contributed by atoms with E-state index in [4.69, 9.17) is 5.73 Å². The molecule has 1 saturated carbocycles. The molecule has 2 heterocycles. The Morgan fingerprint density at radius 2 is 1.77 bits per heavy atom. The lowest BCUT2D eigenvalue weighted by atomic mass is 9.76. The van der Waals surface area contributed by atoms with Gasteiger partial charge in [-0.25, -0.2) is 10.1 Å². The summed E-state index contributed by atoms with van der Waals surface area (Å²) in [5, 5.41) is 14.8. The zero-order chi connectivity index (χ0) is 20.3. The fourth-order valence-electron chi connectivity index (χ4n) is 4.55. The van der Waals surface area contributed by atoms with Crippen LogP contribution in [0.3, 0.4) is 0 Å². The molecule has 1 aliphatic carbocycles. The van der Waals surface area contributed by atoms with Crippen LogP contribution in [0.5, 0.6) is 0 Å². The number of aromatic amines is 1. The molecule has 4 aromatic rings. The van der Waals surface area contributed by atoms with Gasteiger partial charge in [-0.1, -0.05) is 65.9 Å². The second-order valence-corrected chi connectivity index (χ2v) is 8.13. The zero-order valence-electron chi connectivity index (χ0n) is 16.8. The molecular formula is C24H26N6. The van der Waals surface area contributed by atoms with E-state index < -0.39 is 0 Å². The molecule has 152 valence electrons. The third-order valence-electron chi connectivity index (χ3n) is 6.20. The summed E-state index contributed by atoms with van der Waals surface area (Å²) in [4.78, 5) is 4.32. The Morgan fingerprint density at radius 3 is 2.53 bits per heavy atom. The van der Waals surface area contributed by atoms with Gasteiger partial charge < -0.3 is 11.1 Å². The van der Waals surface area contributed by atoms with Crippen molar-refractivity contribution in [1.82, 2.24) is 25.7 Å². The van der Waals surface area contributed by atoms with Crippen molar-refractivity contribution in [2.75, 3.05) is 12.3 Å². The molecule has 0 saturated heterocycles. The molecule has 0 spiro atoms.